The maximum atomic E-state index is 12.3. The summed E-state index contributed by atoms with van der Waals surface area (Å²) in [4.78, 5) is 10.5. The van der Waals surface area contributed by atoms with Crippen LogP contribution in [0.2, 0.25) is 0 Å². The van der Waals surface area contributed by atoms with Crippen LogP contribution >= 0.6 is 0 Å². The lowest BCUT2D eigenvalue weighted by Crippen LogP contribution is -2.37. The molecule has 1 N–H and O–H groups in total. The van der Waals surface area contributed by atoms with Gasteiger partial charge in [0.05, 0.1) is 11.4 Å². The first-order chi connectivity index (χ1) is 9.00. The zero-order valence-corrected chi connectivity index (χ0v) is 11.4. The minimum atomic E-state index is -3.42. The predicted octanol–water partition coefficient (Wildman–Crippen LogP) is 1.63. The van der Waals surface area contributed by atoms with Crippen molar-refractivity contribution in [1.29, 1.82) is 0 Å². The van der Waals surface area contributed by atoms with Crippen molar-refractivity contribution in [2.75, 3.05) is 16.6 Å². The summed E-state index contributed by atoms with van der Waals surface area (Å²) in [5.74, 6) is -1.08. The molecule has 0 aliphatic carbocycles. The Morgan fingerprint density at radius 2 is 2.05 bits per heavy atom. The number of sulfonamides is 1. The van der Waals surface area contributed by atoms with Gasteiger partial charge in [-0.25, -0.2) is 8.42 Å². The topological polar surface area (TPSA) is 74.7 Å². The first kappa shape index (κ1) is 13.9. The molecule has 1 aromatic rings. The van der Waals surface area contributed by atoms with Crippen LogP contribution in [0.5, 0.6) is 0 Å². The highest BCUT2D eigenvalue weighted by Gasteiger charge is 2.26. The zero-order valence-electron chi connectivity index (χ0n) is 10.6. The quantitative estimate of drug-likeness (QED) is 0.891. The number of aryl methyl sites for hydroxylation is 1. The van der Waals surface area contributed by atoms with E-state index in [0.717, 1.165) is 24.1 Å². The highest BCUT2D eigenvalue weighted by atomic mass is 32.2. The van der Waals surface area contributed by atoms with E-state index in [-0.39, 0.29) is 18.6 Å². The molecule has 1 aliphatic rings. The Morgan fingerprint density at radius 1 is 1.32 bits per heavy atom. The van der Waals surface area contributed by atoms with E-state index >= 15 is 0 Å². The van der Waals surface area contributed by atoms with Gasteiger partial charge in [-0.15, -0.1) is 0 Å². The summed E-state index contributed by atoms with van der Waals surface area (Å²) in [6.07, 6.45) is 1.72. The van der Waals surface area contributed by atoms with E-state index in [0.29, 0.717) is 6.54 Å². The number of benzene rings is 1. The number of carbonyl (C=O) groups is 1. The maximum Gasteiger partial charge on any atom is 0.303 e. The maximum absolute atomic E-state index is 12.3. The summed E-state index contributed by atoms with van der Waals surface area (Å²) in [6.45, 7) is 0.479. The molecule has 104 valence electrons. The number of hydrogen-bond donors (Lipinski definition) is 1. The second-order valence-corrected chi connectivity index (χ2v) is 6.63. The normalized spacial score (nSPS) is 15.1. The Hall–Kier alpha value is -1.56. The van der Waals surface area contributed by atoms with Gasteiger partial charge >= 0.3 is 5.97 Å². The van der Waals surface area contributed by atoms with Crippen LogP contribution in [0.3, 0.4) is 0 Å². The summed E-state index contributed by atoms with van der Waals surface area (Å²) in [6, 6.07) is 7.47. The van der Waals surface area contributed by atoms with Crippen LogP contribution in [-0.4, -0.2) is 31.8 Å². The van der Waals surface area contributed by atoms with Crippen LogP contribution in [0.1, 0.15) is 24.8 Å². The number of carboxylic acid groups (broad SMARTS) is 1. The molecule has 1 aliphatic heterocycles. The first-order valence-electron chi connectivity index (χ1n) is 6.31. The zero-order chi connectivity index (χ0) is 13.9. The van der Waals surface area contributed by atoms with Gasteiger partial charge in [-0.3, -0.25) is 9.10 Å². The molecule has 1 heterocycles. The Labute approximate surface area is 112 Å². The van der Waals surface area contributed by atoms with E-state index in [9.17, 15) is 13.2 Å². The molecule has 5 nitrogen and oxygen atoms in total. The molecule has 0 atom stereocenters. The molecule has 0 amide bonds. The minimum Gasteiger partial charge on any atom is -0.481 e. The number of fused-ring (bicyclic) bond motifs is 1. The summed E-state index contributed by atoms with van der Waals surface area (Å²) >= 11 is 0. The lowest BCUT2D eigenvalue weighted by molar-refractivity contribution is -0.137. The van der Waals surface area contributed by atoms with Gasteiger partial charge in [0.2, 0.25) is 10.0 Å². The van der Waals surface area contributed by atoms with Crippen molar-refractivity contribution >= 4 is 21.7 Å². The highest BCUT2D eigenvalue weighted by molar-refractivity contribution is 7.92. The van der Waals surface area contributed by atoms with Crippen LogP contribution < -0.4 is 4.31 Å². The summed E-state index contributed by atoms with van der Waals surface area (Å²) in [7, 11) is -3.42. The standard InChI is InChI=1S/C13H17NO4S/c15-13(16)8-4-10-19(17,18)14-9-3-6-11-5-1-2-7-12(11)14/h1-2,5,7H,3-4,6,8-10H2,(H,15,16). The summed E-state index contributed by atoms with van der Waals surface area (Å²) in [5.41, 5.74) is 1.78. The summed E-state index contributed by atoms with van der Waals surface area (Å²) < 4.78 is 25.9. The number of rotatable bonds is 5. The largest absolute Gasteiger partial charge is 0.481 e. The van der Waals surface area contributed by atoms with Gasteiger partial charge < -0.3 is 5.11 Å². The molecule has 0 unspecified atom stereocenters. The molecular formula is C13H17NO4S. The van der Waals surface area contributed by atoms with Gasteiger partial charge in [0, 0.05) is 13.0 Å². The smallest absolute Gasteiger partial charge is 0.303 e. The van der Waals surface area contributed by atoms with Gasteiger partial charge in [0.15, 0.2) is 0 Å². The number of para-hydroxylation sites is 1. The number of aliphatic carboxylic acids is 1. The van der Waals surface area contributed by atoms with Gasteiger partial charge in [-0.05, 0) is 30.9 Å². The molecule has 0 saturated heterocycles. The van der Waals surface area contributed by atoms with Crippen molar-refractivity contribution in [2.45, 2.75) is 25.7 Å². The van der Waals surface area contributed by atoms with Crippen molar-refractivity contribution < 1.29 is 18.3 Å². The van der Waals surface area contributed by atoms with Crippen LogP contribution in [0.25, 0.3) is 0 Å². The monoisotopic (exact) mass is 283 g/mol. The third-order valence-corrected chi connectivity index (χ3v) is 5.05. The van der Waals surface area contributed by atoms with E-state index in [4.69, 9.17) is 5.11 Å². The van der Waals surface area contributed by atoms with Crippen LogP contribution in [-0.2, 0) is 21.2 Å². The van der Waals surface area contributed by atoms with Gasteiger partial charge in [-0.2, -0.15) is 0 Å². The fraction of sp³-hybridized carbons (Fsp3) is 0.462. The third kappa shape index (κ3) is 3.26. The van der Waals surface area contributed by atoms with Gasteiger partial charge in [0.25, 0.3) is 0 Å². The van der Waals surface area contributed by atoms with Crippen molar-refractivity contribution in [2.24, 2.45) is 0 Å². The van der Waals surface area contributed by atoms with Crippen molar-refractivity contribution in [3.05, 3.63) is 29.8 Å². The number of anilines is 1. The fourth-order valence-corrected chi connectivity index (χ4v) is 3.92. The average Bonchev–Trinajstić information content (AvgIpc) is 2.37. The van der Waals surface area contributed by atoms with E-state index in [1.165, 1.54) is 4.31 Å². The van der Waals surface area contributed by atoms with Crippen LogP contribution in [0, 0.1) is 0 Å². The molecular weight excluding hydrogens is 266 g/mol. The van der Waals surface area contributed by atoms with Crippen molar-refractivity contribution in [3.63, 3.8) is 0 Å². The van der Waals surface area contributed by atoms with Gasteiger partial charge in [-0.1, -0.05) is 18.2 Å². The second kappa shape index (κ2) is 5.61. The van der Waals surface area contributed by atoms with E-state index < -0.39 is 16.0 Å². The summed E-state index contributed by atoms with van der Waals surface area (Å²) in [5, 5.41) is 8.57. The van der Waals surface area contributed by atoms with Crippen LogP contribution in [0.4, 0.5) is 5.69 Å². The lowest BCUT2D eigenvalue weighted by atomic mass is 10.0. The fourth-order valence-electron chi connectivity index (χ4n) is 2.30. The highest BCUT2D eigenvalue weighted by Crippen LogP contribution is 2.29. The minimum absolute atomic E-state index is 0.116. The third-order valence-electron chi connectivity index (χ3n) is 3.20. The Bertz CT molecular complexity index is 568. The average molecular weight is 283 g/mol. The van der Waals surface area contributed by atoms with E-state index in [1.807, 2.05) is 24.3 Å². The molecule has 0 spiro atoms. The number of nitrogens with zero attached hydrogens (tertiary/aromatic N) is 1. The predicted molar refractivity (Wildman–Crippen MR) is 72.8 cm³/mol. The molecule has 1 aromatic carbocycles. The molecule has 19 heavy (non-hydrogen) atoms. The Kier molecular flexibility index (Phi) is 4.09. The lowest BCUT2D eigenvalue weighted by Gasteiger charge is -2.30. The molecule has 6 heteroatoms. The molecule has 0 saturated carbocycles. The van der Waals surface area contributed by atoms with Gasteiger partial charge in [0.1, 0.15) is 0 Å². The Morgan fingerprint density at radius 3 is 2.79 bits per heavy atom. The SMILES string of the molecule is O=C(O)CCCS(=O)(=O)N1CCCc2ccccc21. The molecule has 0 aromatic heterocycles. The van der Waals surface area contributed by atoms with E-state index in [2.05, 4.69) is 0 Å². The molecule has 2 rings (SSSR count). The van der Waals surface area contributed by atoms with Crippen LogP contribution in [0.15, 0.2) is 24.3 Å². The Balaban J connectivity index is 2.16. The van der Waals surface area contributed by atoms with Crippen molar-refractivity contribution in [1.82, 2.24) is 0 Å². The number of hydrogen-bond acceptors (Lipinski definition) is 3. The molecule has 0 bridgehead atoms. The second-order valence-electron chi connectivity index (χ2n) is 4.62. The first-order valence-corrected chi connectivity index (χ1v) is 7.92. The van der Waals surface area contributed by atoms with Crippen molar-refractivity contribution in [3.8, 4) is 0 Å². The van der Waals surface area contributed by atoms with E-state index in [1.54, 1.807) is 0 Å². The molecule has 0 fully saturated rings. The molecule has 0 radical (unpaired) electrons. The number of carboxylic acids is 1.